The molecule has 19 heavy (non-hydrogen) atoms. The summed E-state index contributed by atoms with van der Waals surface area (Å²) in [5.41, 5.74) is 7.49. The van der Waals surface area contributed by atoms with Crippen LogP contribution >= 0.6 is 0 Å². The van der Waals surface area contributed by atoms with Gasteiger partial charge in [-0.3, -0.25) is 9.59 Å². The Morgan fingerprint density at radius 2 is 1.89 bits per heavy atom. The molecule has 0 unspecified atom stereocenters. The van der Waals surface area contributed by atoms with E-state index in [1.807, 2.05) is 19.0 Å². The molecule has 0 bridgehead atoms. The number of benzene rings is 1. The van der Waals surface area contributed by atoms with E-state index < -0.39 is 0 Å². The Balaban J connectivity index is 3.04. The van der Waals surface area contributed by atoms with Crippen LogP contribution in [0.4, 0.5) is 11.4 Å². The number of carbonyl (C=O) groups excluding carboxylic acids is 2. The van der Waals surface area contributed by atoms with Crippen LogP contribution < -0.4 is 16.0 Å². The number of nitrogens with one attached hydrogen (secondary N) is 1. The van der Waals surface area contributed by atoms with Crippen LogP contribution in [0.5, 0.6) is 0 Å². The molecule has 0 spiro atoms. The van der Waals surface area contributed by atoms with Gasteiger partial charge in [-0.15, -0.1) is 0 Å². The average molecular weight is 264 g/mol. The van der Waals surface area contributed by atoms with Crippen molar-refractivity contribution in [1.82, 2.24) is 10.2 Å². The number of hydrogen-bond acceptors (Lipinski definition) is 4. The maximum absolute atomic E-state index is 12.3. The number of likely N-dealkylation sites (N-methyl/N-ethyl adjacent to an activating group) is 2. The highest BCUT2D eigenvalue weighted by atomic mass is 16.2. The van der Waals surface area contributed by atoms with Crippen molar-refractivity contribution < 1.29 is 9.59 Å². The minimum atomic E-state index is -0.236. The van der Waals surface area contributed by atoms with Crippen LogP contribution in [-0.2, 0) is 4.79 Å². The van der Waals surface area contributed by atoms with Crippen LogP contribution in [0.2, 0.25) is 0 Å². The Morgan fingerprint density at radius 3 is 2.42 bits per heavy atom. The predicted molar refractivity (Wildman–Crippen MR) is 76.2 cm³/mol. The number of carbonyl (C=O) groups is 2. The molecule has 6 nitrogen and oxygen atoms in total. The molecule has 3 N–H and O–H groups in total. The first-order chi connectivity index (χ1) is 8.86. The smallest absolute Gasteiger partial charge is 0.256 e. The molecule has 0 aliphatic heterocycles. The third-order valence-corrected chi connectivity index (χ3v) is 2.74. The highest BCUT2D eigenvalue weighted by Gasteiger charge is 2.18. The summed E-state index contributed by atoms with van der Waals surface area (Å²) in [4.78, 5) is 26.8. The van der Waals surface area contributed by atoms with Gasteiger partial charge in [-0.2, -0.15) is 0 Å². The van der Waals surface area contributed by atoms with Gasteiger partial charge in [-0.1, -0.05) is 0 Å². The van der Waals surface area contributed by atoms with Crippen LogP contribution in [0, 0.1) is 0 Å². The molecule has 0 saturated heterocycles. The number of anilines is 2. The minimum Gasteiger partial charge on any atom is -0.399 e. The zero-order valence-electron chi connectivity index (χ0n) is 11.7. The van der Waals surface area contributed by atoms with Crippen LogP contribution in [0.15, 0.2) is 18.2 Å². The molecule has 0 aliphatic rings. The third-order valence-electron chi connectivity index (χ3n) is 2.74. The second kappa shape index (κ2) is 6.08. The Labute approximate surface area is 113 Å². The molecule has 2 amide bonds. The minimum absolute atomic E-state index is 0.0109. The standard InChI is InChI=1S/C13H20N4O2/c1-15-12(18)8-17(4)13(19)10-7-9(14)5-6-11(10)16(2)3/h5-7H,8,14H2,1-4H3,(H,15,18). The van der Waals surface area contributed by atoms with E-state index in [-0.39, 0.29) is 18.4 Å². The van der Waals surface area contributed by atoms with Gasteiger partial charge in [0.05, 0.1) is 12.1 Å². The van der Waals surface area contributed by atoms with E-state index in [1.54, 1.807) is 25.2 Å². The zero-order chi connectivity index (χ0) is 14.6. The second-order valence-corrected chi connectivity index (χ2v) is 4.51. The topological polar surface area (TPSA) is 78.7 Å². The van der Waals surface area contributed by atoms with Crippen molar-refractivity contribution >= 4 is 23.2 Å². The van der Waals surface area contributed by atoms with E-state index in [0.717, 1.165) is 5.69 Å². The summed E-state index contributed by atoms with van der Waals surface area (Å²) in [7, 11) is 6.81. The first kappa shape index (κ1) is 14.8. The fourth-order valence-electron chi connectivity index (χ4n) is 1.69. The maximum Gasteiger partial charge on any atom is 0.256 e. The molecular weight excluding hydrogens is 244 g/mol. The molecule has 104 valence electrons. The summed E-state index contributed by atoms with van der Waals surface area (Å²) in [6.07, 6.45) is 0. The maximum atomic E-state index is 12.3. The fourth-order valence-corrected chi connectivity index (χ4v) is 1.69. The van der Waals surface area contributed by atoms with Crippen LogP contribution in [0.1, 0.15) is 10.4 Å². The lowest BCUT2D eigenvalue weighted by Crippen LogP contribution is -2.37. The molecule has 0 atom stereocenters. The summed E-state index contributed by atoms with van der Waals surface area (Å²) in [6, 6.07) is 5.15. The number of nitrogens with zero attached hydrogens (tertiary/aromatic N) is 2. The lowest BCUT2D eigenvalue weighted by molar-refractivity contribution is -0.121. The number of amides is 2. The number of nitrogens with two attached hydrogens (primary N) is 1. The van der Waals surface area contributed by atoms with Gasteiger partial charge in [0.25, 0.3) is 5.91 Å². The summed E-state index contributed by atoms with van der Waals surface area (Å²) >= 11 is 0. The van der Waals surface area contributed by atoms with Gasteiger partial charge in [0.15, 0.2) is 0 Å². The van der Waals surface area contributed by atoms with E-state index in [4.69, 9.17) is 5.73 Å². The molecular formula is C13H20N4O2. The Bertz CT molecular complexity index is 486. The van der Waals surface area contributed by atoms with E-state index in [9.17, 15) is 9.59 Å². The van der Waals surface area contributed by atoms with Crippen LogP contribution in [0.3, 0.4) is 0 Å². The molecule has 1 aromatic rings. The zero-order valence-corrected chi connectivity index (χ0v) is 11.7. The highest BCUT2D eigenvalue weighted by molar-refractivity contribution is 6.01. The summed E-state index contributed by atoms with van der Waals surface area (Å²) in [6.45, 7) is 0.0109. The average Bonchev–Trinajstić information content (AvgIpc) is 2.36. The molecule has 6 heteroatoms. The molecule has 0 aliphatic carbocycles. The van der Waals surface area contributed by atoms with Crippen molar-refractivity contribution in [2.24, 2.45) is 0 Å². The van der Waals surface area contributed by atoms with E-state index >= 15 is 0 Å². The van der Waals surface area contributed by atoms with Gasteiger partial charge < -0.3 is 20.9 Å². The van der Waals surface area contributed by atoms with Gasteiger partial charge >= 0.3 is 0 Å². The van der Waals surface area contributed by atoms with Gasteiger partial charge in [0.1, 0.15) is 0 Å². The van der Waals surface area contributed by atoms with E-state index in [0.29, 0.717) is 11.3 Å². The number of hydrogen-bond donors (Lipinski definition) is 2. The predicted octanol–water partition coefficient (Wildman–Crippen LogP) is 0.153. The first-order valence-corrected chi connectivity index (χ1v) is 5.89. The Hall–Kier alpha value is -2.24. The van der Waals surface area contributed by atoms with Crippen molar-refractivity contribution in [3.05, 3.63) is 23.8 Å². The Kier molecular flexibility index (Phi) is 4.74. The third kappa shape index (κ3) is 3.61. The lowest BCUT2D eigenvalue weighted by Gasteiger charge is -2.21. The summed E-state index contributed by atoms with van der Waals surface area (Å²) < 4.78 is 0. The molecule has 1 aromatic carbocycles. The van der Waals surface area contributed by atoms with E-state index in [2.05, 4.69) is 5.32 Å². The molecule has 0 heterocycles. The van der Waals surface area contributed by atoms with Gasteiger partial charge in [-0.25, -0.2) is 0 Å². The normalized spacial score (nSPS) is 9.89. The molecule has 0 aromatic heterocycles. The summed E-state index contributed by atoms with van der Waals surface area (Å²) in [5.74, 6) is -0.453. The fraction of sp³-hybridized carbons (Fsp3) is 0.385. The molecule has 0 saturated carbocycles. The van der Waals surface area contributed by atoms with Crippen molar-refractivity contribution in [3.8, 4) is 0 Å². The number of rotatable bonds is 4. The van der Waals surface area contributed by atoms with Gasteiger partial charge in [0, 0.05) is 39.6 Å². The van der Waals surface area contributed by atoms with Gasteiger partial charge in [0.2, 0.25) is 5.91 Å². The first-order valence-electron chi connectivity index (χ1n) is 5.89. The van der Waals surface area contributed by atoms with Crippen molar-refractivity contribution in [3.63, 3.8) is 0 Å². The quantitative estimate of drug-likeness (QED) is 0.759. The molecule has 0 fully saturated rings. The summed E-state index contributed by atoms with van der Waals surface area (Å²) in [5, 5.41) is 2.48. The van der Waals surface area contributed by atoms with Gasteiger partial charge in [-0.05, 0) is 18.2 Å². The number of nitrogen functional groups attached to an aromatic ring is 1. The van der Waals surface area contributed by atoms with Crippen molar-refractivity contribution in [2.75, 3.05) is 45.4 Å². The van der Waals surface area contributed by atoms with Crippen molar-refractivity contribution in [1.29, 1.82) is 0 Å². The largest absolute Gasteiger partial charge is 0.399 e. The Morgan fingerprint density at radius 1 is 1.26 bits per heavy atom. The van der Waals surface area contributed by atoms with Crippen molar-refractivity contribution in [2.45, 2.75) is 0 Å². The van der Waals surface area contributed by atoms with E-state index in [1.165, 1.54) is 11.9 Å². The lowest BCUT2D eigenvalue weighted by atomic mass is 10.1. The highest BCUT2D eigenvalue weighted by Crippen LogP contribution is 2.22. The van der Waals surface area contributed by atoms with Crippen LogP contribution in [-0.4, -0.2) is 51.4 Å². The molecule has 0 radical (unpaired) electrons. The molecule has 1 rings (SSSR count). The van der Waals surface area contributed by atoms with Crippen LogP contribution in [0.25, 0.3) is 0 Å². The monoisotopic (exact) mass is 264 g/mol. The SMILES string of the molecule is CNC(=O)CN(C)C(=O)c1cc(N)ccc1N(C)C. The second-order valence-electron chi connectivity index (χ2n) is 4.51.